The first kappa shape index (κ1) is 21.1. The number of nitrogens with zero attached hydrogens (tertiary/aromatic N) is 2. The number of benzene rings is 1. The van der Waals surface area contributed by atoms with Crippen LogP contribution in [0.5, 0.6) is 11.6 Å². The first-order valence-electron chi connectivity index (χ1n) is 8.18. The van der Waals surface area contributed by atoms with Crippen LogP contribution in [0.4, 0.5) is 4.39 Å². The molecule has 0 aliphatic heterocycles. The van der Waals surface area contributed by atoms with E-state index in [1.54, 1.807) is 13.0 Å². The van der Waals surface area contributed by atoms with Crippen LogP contribution in [0.3, 0.4) is 0 Å². The molecule has 10 heteroatoms. The second kappa shape index (κ2) is 8.41. The zero-order chi connectivity index (χ0) is 21.3. The molecule has 1 aromatic carbocycles. The molecule has 6 nitrogen and oxygen atoms in total. The lowest BCUT2D eigenvalue weighted by molar-refractivity contribution is 0.0695. The Kier molecular flexibility index (Phi) is 6.12. The summed E-state index contributed by atoms with van der Waals surface area (Å²) < 4.78 is 20.4. The van der Waals surface area contributed by atoms with Gasteiger partial charge in [0.25, 0.3) is 0 Å². The molecular formula is C19H12Cl3FN2O4. The van der Waals surface area contributed by atoms with E-state index in [0.717, 1.165) is 12.3 Å². The van der Waals surface area contributed by atoms with Crippen molar-refractivity contribution in [2.24, 2.45) is 0 Å². The third-order valence-electron chi connectivity index (χ3n) is 3.99. The van der Waals surface area contributed by atoms with Crippen LogP contribution < -0.4 is 10.2 Å². The third-order valence-corrected chi connectivity index (χ3v) is 4.99. The fourth-order valence-corrected chi connectivity index (χ4v) is 3.21. The van der Waals surface area contributed by atoms with Crippen LogP contribution in [0.25, 0.3) is 11.3 Å². The van der Waals surface area contributed by atoms with Crippen molar-refractivity contribution >= 4 is 40.8 Å². The van der Waals surface area contributed by atoms with E-state index < -0.39 is 22.9 Å². The van der Waals surface area contributed by atoms with Gasteiger partial charge in [-0.15, -0.1) is 0 Å². The zero-order valence-electron chi connectivity index (χ0n) is 14.7. The van der Waals surface area contributed by atoms with Gasteiger partial charge in [0.2, 0.25) is 17.3 Å². The van der Waals surface area contributed by atoms with E-state index in [2.05, 4.69) is 4.98 Å². The van der Waals surface area contributed by atoms with Gasteiger partial charge < -0.3 is 14.4 Å². The number of carboxylic acids is 1. The van der Waals surface area contributed by atoms with Crippen LogP contribution in [0.1, 0.15) is 17.3 Å². The molecule has 3 aromatic rings. The molecule has 0 aliphatic rings. The molecule has 0 spiro atoms. The van der Waals surface area contributed by atoms with Crippen molar-refractivity contribution in [1.29, 1.82) is 0 Å². The van der Waals surface area contributed by atoms with Gasteiger partial charge in [0, 0.05) is 24.2 Å². The molecule has 0 amide bonds. The summed E-state index contributed by atoms with van der Waals surface area (Å²) in [7, 11) is 0. The zero-order valence-corrected chi connectivity index (χ0v) is 17.0. The van der Waals surface area contributed by atoms with Crippen molar-refractivity contribution in [3.8, 4) is 22.9 Å². The summed E-state index contributed by atoms with van der Waals surface area (Å²) in [6, 6.07) is 6.72. The standard InChI is InChI=1S/C19H12Cl3FN2O4/c1-2-25-15(29-10-6-13(22)18(23)24-8-10)7-14(26)16(19(27)28)17(25)9-3-4-11(20)12(21)5-9/h3-8H,2H2,1H3,(H,27,28). The number of aromatic carboxylic acids is 1. The number of hydrogen-bond acceptors (Lipinski definition) is 4. The Labute approximate surface area is 179 Å². The van der Waals surface area contributed by atoms with E-state index in [-0.39, 0.29) is 38.9 Å². The summed E-state index contributed by atoms with van der Waals surface area (Å²) in [4.78, 5) is 27.8. The summed E-state index contributed by atoms with van der Waals surface area (Å²) >= 11 is 17.7. The number of carbonyl (C=O) groups is 1. The molecule has 0 radical (unpaired) electrons. The Balaban J connectivity index is 2.27. The van der Waals surface area contributed by atoms with Crippen LogP contribution in [-0.2, 0) is 6.54 Å². The summed E-state index contributed by atoms with van der Waals surface area (Å²) in [5.41, 5.74) is -0.786. The molecule has 0 saturated heterocycles. The molecule has 2 aromatic heterocycles. The number of hydrogen-bond donors (Lipinski definition) is 1. The number of halogens is 4. The monoisotopic (exact) mass is 456 g/mol. The van der Waals surface area contributed by atoms with Gasteiger partial charge >= 0.3 is 5.97 Å². The lowest BCUT2D eigenvalue weighted by atomic mass is 10.0. The van der Waals surface area contributed by atoms with Gasteiger partial charge in [-0.3, -0.25) is 4.79 Å². The maximum Gasteiger partial charge on any atom is 0.341 e. The molecule has 29 heavy (non-hydrogen) atoms. The lowest BCUT2D eigenvalue weighted by Gasteiger charge is -2.19. The van der Waals surface area contributed by atoms with Gasteiger partial charge in [-0.2, -0.15) is 4.39 Å². The average Bonchev–Trinajstić information content (AvgIpc) is 2.66. The van der Waals surface area contributed by atoms with E-state index in [9.17, 15) is 19.1 Å². The number of carboxylic acid groups (broad SMARTS) is 1. The van der Waals surface area contributed by atoms with Gasteiger partial charge in [-0.25, -0.2) is 9.78 Å². The topological polar surface area (TPSA) is 81.4 Å². The van der Waals surface area contributed by atoms with Crippen LogP contribution >= 0.6 is 34.8 Å². The van der Waals surface area contributed by atoms with Crippen LogP contribution in [-0.4, -0.2) is 20.6 Å². The van der Waals surface area contributed by atoms with Gasteiger partial charge in [-0.05, 0) is 19.1 Å². The molecule has 1 N–H and O–H groups in total. The summed E-state index contributed by atoms with van der Waals surface area (Å²) in [5.74, 6) is -2.19. The maximum absolute atomic E-state index is 13.3. The minimum Gasteiger partial charge on any atom is -0.477 e. The van der Waals surface area contributed by atoms with Gasteiger partial charge in [-0.1, -0.05) is 40.9 Å². The fraction of sp³-hybridized carbons (Fsp3) is 0.105. The second-order valence-electron chi connectivity index (χ2n) is 5.79. The van der Waals surface area contributed by atoms with Crippen LogP contribution in [0, 0.1) is 5.95 Å². The maximum atomic E-state index is 13.3. The molecule has 0 unspecified atom stereocenters. The van der Waals surface area contributed by atoms with Crippen molar-refractivity contribution in [3.63, 3.8) is 0 Å². The second-order valence-corrected chi connectivity index (χ2v) is 7.02. The largest absolute Gasteiger partial charge is 0.477 e. The highest BCUT2D eigenvalue weighted by Gasteiger charge is 2.23. The molecule has 150 valence electrons. The molecule has 0 fully saturated rings. The third kappa shape index (κ3) is 4.22. The van der Waals surface area contributed by atoms with E-state index in [1.165, 1.54) is 22.8 Å². The average molecular weight is 458 g/mol. The van der Waals surface area contributed by atoms with E-state index in [4.69, 9.17) is 39.5 Å². The predicted molar refractivity (Wildman–Crippen MR) is 108 cm³/mol. The van der Waals surface area contributed by atoms with Crippen molar-refractivity contribution in [3.05, 3.63) is 73.3 Å². The van der Waals surface area contributed by atoms with Crippen molar-refractivity contribution in [2.45, 2.75) is 13.5 Å². The SMILES string of the molecule is CCn1c(Oc2cnc(F)c(Cl)c2)cc(=O)c(C(=O)O)c1-c1ccc(Cl)c(Cl)c1. The van der Waals surface area contributed by atoms with Gasteiger partial charge in [0.15, 0.2) is 0 Å². The molecule has 3 rings (SSSR count). The Bertz CT molecular complexity index is 1180. The summed E-state index contributed by atoms with van der Waals surface area (Å²) in [5, 5.41) is 9.82. The quantitative estimate of drug-likeness (QED) is 0.510. The van der Waals surface area contributed by atoms with Crippen molar-refractivity contribution in [2.75, 3.05) is 0 Å². The number of rotatable bonds is 5. The Morgan fingerprint density at radius 2 is 1.90 bits per heavy atom. The van der Waals surface area contributed by atoms with Crippen molar-refractivity contribution in [1.82, 2.24) is 9.55 Å². The highest BCUT2D eigenvalue weighted by molar-refractivity contribution is 6.42. The van der Waals surface area contributed by atoms with Gasteiger partial charge in [0.05, 0.1) is 27.0 Å². The lowest BCUT2D eigenvalue weighted by Crippen LogP contribution is -2.21. The molecular weight excluding hydrogens is 446 g/mol. The Morgan fingerprint density at radius 1 is 1.17 bits per heavy atom. The molecule has 2 heterocycles. The predicted octanol–water partition coefficient (Wildman–Crippen LogP) is 5.52. The summed E-state index contributed by atoms with van der Waals surface area (Å²) in [6.45, 7) is 1.98. The van der Waals surface area contributed by atoms with Crippen LogP contribution in [0.15, 0.2) is 41.3 Å². The van der Waals surface area contributed by atoms with Crippen LogP contribution in [0.2, 0.25) is 15.1 Å². The number of pyridine rings is 2. The highest BCUT2D eigenvalue weighted by atomic mass is 35.5. The fourth-order valence-electron chi connectivity index (χ4n) is 2.75. The van der Waals surface area contributed by atoms with Gasteiger partial charge in [0.1, 0.15) is 11.3 Å². The van der Waals surface area contributed by atoms with Crippen molar-refractivity contribution < 1.29 is 19.0 Å². The highest BCUT2D eigenvalue weighted by Crippen LogP contribution is 2.33. The molecule has 0 atom stereocenters. The van der Waals surface area contributed by atoms with E-state index >= 15 is 0 Å². The van der Waals surface area contributed by atoms with E-state index in [1.807, 2.05) is 0 Å². The first-order valence-corrected chi connectivity index (χ1v) is 9.31. The Morgan fingerprint density at radius 3 is 2.48 bits per heavy atom. The number of aromatic nitrogens is 2. The Hall–Kier alpha value is -2.61. The molecule has 0 bridgehead atoms. The smallest absolute Gasteiger partial charge is 0.341 e. The minimum absolute atomic E-state index is 0.0213. The number of ether oxygens (including phenoxy) is 1. The molecule has 0 saturated carbocycles. The normalized spacial score (nSPS) is 10.8. The first-order chi connectivity index (χ1) is 13.7. The summed E-state index contributed by atoms with van der Waals surface area (Å²) in [6.07, 6.45) is 1.09. The molecule has 0 aliphatic carbocycles. The minimum atomic E-state index is -1.41. The van der Waals surface area contributed by atoms with E-state index in [0.29, 0.717) is 5.56 Å².